The minimum Gasteiger partial charge on any atom is -0.497 e. The highest BCUT2D eigenvalue weighted by atomic mass is 16.5. The van der Waals surface area contributed by atoms with E-state index in [0.29, 0.717) is 0 Å². The number of nitrogens with zero attached hydrogens (tertiary/aromatic N) is 2. The van der Waals surface area contributed by atoms with E-state index < -0.39 is 0 Å². The summed E-state index contributed by atoms with van der Waals surface area (Å²) in [6.45, 7) is 4.14. The lowest BCUT2D eigenvalue weighted by atomic mass is 10.0. The molecular weight excluding hydrogens is 400 g/mol. The Morgan fingerprint density at radius 3 is 2.75 bits per heavy atom. The molecule has 0 saturated heterocycles. The quantitative estimate of drug-likeness (QED) is 0.300. The molecule has 0 atom stereocenters. The van der Waals surface area contributed by atoms with Gasteiger partial charge in [-0.1, -0.05) is 0 Å². The molecule has 0 saturated carbocycles. The maximum absolute atomic E-state index is 5.90. The molecule has 0 aliphatic heterocycles. The first-order valence-electron chi connectivity index (χ1n) is 10.6. The van der Waals surface area contributed by atoms with E-state index in [4.69, 9.17) is 10.5 Å². The third-order valence-electron chi connectivity index (χ3n) is 5.85. The van der Waals surface area contributed by atoms with Crippen molar-refractivity contribution in [2.45, 2.75) is 26.7 Å². The first-order chi connectivity index (χ1) is 15.5. The van der Waals surface area contributed by atoms with E-state index in [1.165, 1.54) is 16.5 Å². The molecule has 0 bridgehead atoms. The number of nitrogen functional groups attached to an aromatic ring is 1. The van der Waals surface area contributed by atoms with Gasteiger partial charge in [0.05, 0.1) is 7.11 Å². The summed E-state index contributed by atoms with van der Waals surface area (Å²) in [7, 11) is 1.70. The fourth-order valence-corrected chi connectivity index (χ4v) is 4.23. The lowest BCUT2D eigenvalue weighted by Crippen LogP contribution is -2.05. The maximum atomic E-state index is 5.90. The zero-order chi connectivity index (χ0) is 22.2. The highest BCUT2D eigenvalue weighted by molar-refractivity contribution is 5.87. The van der Waals surface area contributed by atoms with Crippen LogP contribution in [0.3, 0.4) is 0 Å². The first kappa shape index (κ1) is 19.9. The van der Waals surface area contributed by atoms with Gasteiger partial charge in [-0.25, -0.2) is 4.98 Å². The van der Waals surface area contributed by atoms with E-state index in [-0.39, 0.29) is 5.95 Å². The molecule has 2 aromatic carbocycles. The SMILES string of the molecule is COc1cc(C)c2[nH]cc(CCc3cnc(N)nc3Nc3ccc4[nH]c(C)cc4c3)c2c1. The Kier molecular flexibility index (Phi) is 4.93. The Balaban J connectivity index is 1.42. The van der Waals surface area contributed by atoms with Gasteiger partial charge >= 0.3 is 0 Å². The molecule has 5 N–H and O–H groups in total. The Morgan fingerprint density at radius 2 is 1.91 bits per heavy atom. The number of fused-ring (bicyclic) bond motifs is 2. The minimum atomic E-state index is 0.252. The second-order valence-electron chi connectivity index (χ2n) is 8.16. The summed E-state index contributed by atoms with van der Waals surface area (Å²) < 4.78 is 5.46. The number of hydrogen-bond donors (Lipinski definition) is 4. The Morgan fingerprint density at radius 1 is 1.06 bits per heavy atom. The van der Waals surface area contributed by atoms with Crippen molar-refractivity contribution in [3.8, 4) is 5.75 Å². The molecule has 0 aliphatic carbocycles. The topological polar surface area (TPSA) is 105 Å². The molecule has 0 unspecified atom stereocenters. The van der Waals surface area contributed by atoms with Crippen molar-refractivity contribution in [3.05, 3.63) is 71.2 Å². The van der Waals surface area contributed by atoms with Gasteiger partial charge in [-0.05, 0) is 74.2 Å². The summed E-state index contributed by atoms with van der Waals surface area (Å²) in [6, 6.07) is 12.5. The fraction of sp³-hybridized carbons (Fsp3) is 0.200. The number of nitrogens with one attached hydrogen (secondary N) is 3. The molecule has 0 fully saturated rings. The normalized spacial score (nSPS) is 11.3. The number of aromatic amines is 2. The van der Waals surface area contributed by atoms with Crippen LogP contribution >= 0.6 is 0 Å². The molecule has 7 heteroatoms. The molecule has 0 amide bonds. The summed E-state index contributed by atoms with van der Waals surface area (Å²) in [4.78, 5) is 15.5. The van der Waals surface area contributed by atoms with E-state index in [9.17, 15) is 0 Å². The second kappa shape index (κ2) is 7.92. The smallest absolute Gasteiger partial charge is 0.221 e. The summed E-state index contributed by atoms with van der Waals surface area (Å²) in [5.74, 6) is 1.85. The highest BCUT2D eigenvalue weighted by Crippen LogP contribution is 2.29. The molecular formula is C25H26N6O. The number of hydrogen-bond acceptors (Lipinski definition) is 5. The summed E-state index contributed by atoms with van der Waals surface area (Å²) in [5, 5.41) is 5.77. The molecule has 0 aliphatic rings. The number of ether oxygens (including phenoxy) is 1. The molecule has 3 aromatic heterocycles. The van der Waals surface area contributed by atoms with Crippen LogP contribution in [0.4, 0.5) is 17.5 Å². The van der Waals surface area contributed by atoms with E-state index in [1.807, 2.05) is 18.3 Å². The van der Waals surface area contributed by atoms with Gasteiger partial charge in [0.15, 0.2) is 0 Å². The van der Waals surface area contributed by atoms with Gasteiger partial charge in [0.1, 0.15) is 11.6 Å². The number of H-pyrrole nitrogens is 2. The van der Waals surface area contributed by atoms with Crippen molar-refractivity contribution in [2.75, 3.05) is 18.2 Å². The summed E-state index contributed by atoms with van der Waals surface area (Å²) in [6.07, 6.45) is 5.50. The van der Waals surface area contributed by atoms with Crippen LogP contribution in [0.2, 0.25) is 0 Å². The van der Waals surface area contributed by atoms with Crippen LogP contribution in [0.15, 0.2) is 48.8 Å². The van der Waals surface area contributed by atoms with Crippen LogP contribution in [0, 0.1) is 13.8 Å². The van der Waals surface area contributed by atoms with E-state index in [0.717, 1.165) is 57.8 Å². The van der Waals surface area contributed by atoms with Crippen LogP contribution in [0.1, 0.15) is 22.4 Å². The summed E-state index contributed by atoms with van der Waals surface area (Å²) >= 11 is 0. The lowest BCUT2D eigenvalue weighted by Gasteiger charge is -2.12. The number of nitrogens with two attached hydrogens (primary N) is 1. The first-order valence-corrected chi connectivity index (χ1v) is 10.6. The number of aryl methyl sites for hydroxylation is 4. The van der Waals surface area contributed by atoms with Gasteiger partial charge in [-0.3, -0.25) is 0 Å². The Bertz CT molecular complexity index is 1430. The number of benzene rings is 2. The minimum absolute atomic E-state index is 0.252. The Hall–Kier alpha value is -4.00. The van der Waals surface area contributed by atoms with Gasteiger partial charge in [0, 0.05) is 51.1 Å². The summed E-state index contributed by atoms with van der Waals surface area (Å²) in [5.41, 5.74) is 13.7. The molecule has 0 radical (unpaired) electrons. The average Bonchev–Trinajstić information content (AvgIpc) is 3.35. The Labute approximate surface area is 186 Å². The molecule has 3 heterocycles. The number of rotatable bonds is 6. The van der Waals surface area contributed by atoms with Crippen molar-refractivity contribution in [1.82, 2.24) is 19.9 Å². The third-order valence-corrected chi connectivity index (χ3v) is 5.85. The van der Waals surface area contributed by atoms with E-state index in [2.05, 4.69) is 69.6 Å². The van der Waals surface area contributed by atoms with Crippen LogP contribution in [-0.4, -0.2) is 27.0 Å². The second-order valence-corrected chi connectivity index (χ2v) is 8.16. The van der Waals surface area contributed by atoms with Crippen molar-refractivity contribution < 1.29 is 4.74 Å². The molecule has 162 valence electrons. The monoisotopic (exact) mass is 426 g/mol. The van der Waals surface area contributed by atoms with Crippen LogP contribution in [0.25, 0.3) is 21.8 Å². The number of anilines is 3. The lowest BCUT2D eigenvalue weighted by molar-refractivity contribution is 0.415. The van der Waals surface area contributed by atoms with Crippen molar-refractivity contribution in [2.24, 2.45) is 0 Å². The predicted molar refractivity (Wildman–Crippen MR) is 130 cm³/mol. The van der Waals surface area contributed by atoms with Crippen LogP contribution < -0.4 is 15.8 Å². The zero-order valence-electron chi connectivity index (χ0n) is 18.4. The van der Waals surface area contributed by atoms with Crippen molar-refractivity contribution in [1.29, 1.82) is 0 Å². The van der Waals surface area contributed by atoms with E-state index in [1.54, 1.807) is 7.11 Å². The largest absolute Gasteiger partial charge is 0.497 e. The predicted octanol–water partition coefficient (Wildman–Crippen LogP) is 5.18. The molecule has 0 spiro atoms. The average molecular weight is 427 g/mol. The standard InChI is InChI=1S/C25H26N6O/c1-14-8-20(32-3)11-21-16(12-27-23(14)21)4-5-17-13-28-25(26)31-24(17)30-19-6-7-22-18(10-19)9-15(2)29-22/h6-13,27,29H,4-5H2,1-3H3,(H3,26,28,30,31). The number of aromatic nitrogens is 4. The zero-order valence-corrected chi connectivity index (χ0v) is 18.4. The van der Waals surface area contributed by atoms with Gasteiger partial charge in [-0.15, -0.1) is 0 Å². The fourth-order valence-electron chi connectivity index (χ4n) is 4.23. The molecule has 5 aromatic rings. The van der Waals surface area contributed by atoms with Gasteiger partial charge in [0.2, 0.25) is 5.95 Å². The number of methoxy groups -OCH3 is 1. The van der Waals surface area contributed by atoms with Crippen molar-refractivity contribution >= 4 is 39.3 Å². The van der Waals surface area contributed by atoms with Gasteiger partial charge in [-0.2, -0.15) is 4.98 Å². The molecule has 32 heavy (non-hydrogen) atoms. The van der Waals surface area contributed by atoms with Crippen LogP contribution in [0.5, 0.6) is 5.75 Å². The van der Waals surface area contributed by atoms with Gasteiger partial charge < -0.3 is 25.8 Å². The van der Waals surface area contributed by atoms with Gasteiger partial charge in [0.25, 0.3) is 0 Å². The molecule has 5 rings (SSSR count). The maximum Gasteiger partial charge on any atom is 0.221 e. The van der Waals surface area contributed by atoms with Crippen molar-refractivity contribution in [3.63, 3.8) is 0 Å². The third kappa shape index (κ3) is 3.73. The van der Waals surface area contributed by atoms with E-state index >= 15 is 0 Å². The van der Waals surface area contributed by atoms with Crippen LogP contribution in [-0.2, 0) is 12.8 Å². The molecule has 7 nitrogen and oxygen atoms in total. The highest BCUT2D eigenvalue weighted by Gasteiger charge is 2.12.